The van der Waals surface area contributed by atoms with Crippen LogP contribution in [-0.2, 0) is 6.42 Å². The van der Waals surface area contributed by atoms with Gasteiger partial charge in [-0.2, -0.15) is 4.52 Å². The van der Waals surface area contributed by atoms with E-state index < -0.39 is 0 Å². The van der Waals surface area contributed by atoms with Gasteiger partial charge in [-0.25, -0.2) is 4.98 Å². The lowest BCUT2D eigenvalue weighted by Crippen LogP contribution is -2.08. The van der Waals surface area contributed by atoms with Gasteiger partial charge in [-0.1, -0.05) is 23.4 Å². The van der Waals surface area contributed by atoms with E-state index in [2.05, 4.69) is 15.6 Å². The number of aromatic nitrogens is 4. The number of para-hydroxylation sites is 1. The Morgan fingerprint density at radius 3 is 2.41 bits per heavy atom. The molecule has 0 saturated heterocycles. The third kappa shape index (κ3) is 3.94. The van der Waals surface area contributed by atoms with Gasteiger partial charge in [0, 0.05) is 17.5 Å². The summed E-state index contributed by atoms with van der Waals surface area (Å²) in [7, 11) is 4.93. The van der Waals surface area contributed by atoms with Crippen LogP contribution in [0.1, 0.15) is 5.56 Å². The number of anilines is 1. The largest absolute Gasteiger partial charge is 0.497 e. The van der Waals surface area contributed by atoms with Crippen LogP contribution in [0.5, 0.6) is 17.2 Å². The van der Waals surface area contributed by atoms with E-state index in [1.807, 2.05) is 66.7 Å². The molecule has 0 fully saturated rings. The van der Waals surface area contributed by atoms with Crippen molar-refractivity contribution >= 4 is 22.4 Å². The number of ether oxygens (including phenoxy) is 3. The highest BCUT2D eigenvalue weighted by Crippen LogP contribution is 2.30. The molecule has 2 aromatic heterocycles. The molecule has 1 N–H and O–H groups in total. The zero-order chi connectivity index (χ0) is 23.5. The van der Waals surface area contributed by atoms with Crippen LogP contribution < -0.4 is 19.5 Å². The molecule has 2 heterocycles. The summed E-state index contributed by atoms with van der Waals surface area (Å²) in [5.41, 5.74) is 4.41. The SMILES string of the molecule is COc1ccc(-c2nnn3c2nc(NCCc2ccc(OC)c(OC)c2)c2ccccc23)cc1. The first-order valence-electron chi connectivity index (χ1n) is 10.9. The Bertz CT molecular complexity index is 1450. The Morgan fingerprint density at radius 2 is 1.65 bits per heavy atom. The third-order valence-corrected chi connectivity index (χ3v) is 5.77. The Kier molecular flexibility index (Phi) is 5.86. The predicted octanol–water partition coefficient (Wildman–Crippen LogP) is 4.62. The van der Waals surface area contributed by atoms with E-state index in [1.54, 1.807) is 25.8 Å². The van der Waals surface area contributed by atoms with Crippen molar-refractivity contribution < 1.29 is 14.2 Å². The van der Waals surface area contributed by atoms with Crippen molar-refractivity contribution in [1.82, 2.24) is 19.8 Å². The summed E-state index contributed by atoms with van der Waals surface area (Å²) in [5.74, 6) is 3.02. The van der Waals surface area contributed by atoms with E-state index in [4.69, 9.17) is 19.2 Å². The maximum absolute atomic E-state index is 5.43. The molecule has 8 heteroatoms. The summed E-state index contributed by atoms with van der Waals surface area (Å²) in [5, 5.41) is 13.3. The van der Waals surface area contributed by atoms with Crippen LogP contribution in [0.25, 0.3) is 27.8 Å². The smallest absolute Gasteiger partial charge is 0.186 e. The van der Waals surface area contributed by atoms with Crippen molar-refractivity contribution in [1.29, 1.82) is 0 Å². The fourth-order valence-electron chi connectivity index (χ4n) is 4.00. The van der Waals surface area contributed by atoms with E-state index in [0.717, 1.165) is 57.2 Å². The summed E-state index contributed by atoms with van der Waals surface area (Å²) in [6.07, 6.45) is 0.796. The molecular weight excluding hydrogens is 430 g/mol. The van der Waals surface area contributed by atoms with Crippen molar-refractivity contribution in [2.45, 2.75) is 6.42 Å². The van der Waals surface area contributed by atoms with E-state index in [9.17, 15) is 0 Å². The lowest BCUT2D eigenvalue weighted by atomic mass is 10.1. The maximum atomic E-state index is 5.43. The lowest BCUT2D eigenvalue weighted by Gasteiger charge is -2.12. The van der Waals surface area contributed by atoms with E-state index >= 15 is 0 Å². The van der Waals surface area contributed by atoms with E-state index in [0.29, 0.717) is 12.2 Å². The summed E-state index contributed by atoms with van der Waals surface area (Å²) >= 11 is 0. The van der Waals surface area contributed by atoms with Gasteiger partial charge in [-0.3, -0.25) is 0 Å². The summed E-state index contributed by atoms with van der Waals surface area (Å²) < 4.78 is 17.8. The molecule has 3 aromatic carbocycles. The molecule has 0 unspecified atom stereocenters. The topological polar surface area (TPSA) is 82.8 Å². The van der Waals surface area contributed by atoms with Gasteiger partial charge < -0.3 is 19.5 Å². The van der Waals surface area contributed by atoms with Gasteiger partial charge in [-0.05, 0) is 60.5 Å². The van der Waals surface area contributed by atoms with Crippen LogP contribution in [0.4, 0.5) is 5.82 Å². The fraction of sp³-hybridized carbons (Fsp3) is 0.192. The molecule has 0 atom stereocenters. The van der Waals surface area contributed by atoms with Gasteiger partial charge in [0.05, 0.1) is 26.8 Å². The number of methoxy groups -OCH3 is 3. The lowest BCUT2D eigenvalue weighted by molar-refractivity contribution is 0.354. The molecule has 5 rings (SSSR count). The number of benzene rings is 3. The zero-order valence-corrected chi connectivity index (χ0v) is 19.3. The van der Waals surface area contributed by atoms with Crippen LogP contribution >= 0.6 is 0 Å². The van der Waals surface area contributed by atoms with Crippen LogP contribution in [0, 0.1) is 0 Å². The first-order chi connectivity index (χ1) is 16.7. The molecule has 0 radical (unpaired) electrons. The number of nitrogens with zero attached hydrogens (tertiary/aromatic N) is 4. The molecule has 0 aliphatic heterocycles. The Labute approximate surface area is 197 Å². The number of fused-ring (bicyclic) bond motifs is 3. The zero-order valence-electron chi connectivity index (χ0n) is 19.3. The summed E-state index contributed by atoms with van der Waals surface area (Å²) in [4.78, 5) is 4.93. The van der Waals surface area contributed by atoms with Crippen molar-refractivity contribution in [2.24, 2.45) is 0 Å². The van der Waals surface area contributed by atoms with Gasteiger partial charge >= 0.3 is 0 Å². The van der Waals surface area contributed by atoms with Crippen LogP contribution in [-0.4, -0.2) is 47.7 Å². The molecule has 8 nitrogen and oxygen atoms in total. The predicted molar refractivity (Wildman–Crippen MR) is 132 cm³/mol. The Morgan fingerprint density at radius 1 is 0.853 bits per heavy atom. The van der Waals surface area contributed by atoms with Crippen LogP contribution in [0.15, 0.2) is 66.7 Å². The highest BCUT2D eigenvalue weighted by atomic mass is 16.5. The second kappa shape index (κ2) is 9.27. The minimum absolute atomic E-state index is 0.692. The molecule has 0 amide bonds. The third-order valence-electron chi connectivity index (χ3n) is 5.77. The Balaban J connectivity index is 1.47. The standard InChI is InChI=1S/C26H25N5O3/c1-32-19-11-9-18(10-12-19)24-26-28-25(20-6-4-5-7-21(20)31(26)30-29-24)27-15-14-17-8-13-22(33-2)23(16-17)34-3/h4-13,16H,14-15H2,1-3H3,(H,27,28). The van der Waals surface area contributed by atoms with E-state index in [-0.39, 0.29) is 0 Å². The average molecular weight is 456 g/mol. The monoisotopic (exact) mass is 455 g/mol. The van der Waals surface area contributed by atoms with E-state index in [1.165, 1.54) is 0 Å². The van der Waals surface area contributed by atoms with Crippen LogP contribution in [0.3, 0.4) is 0 Å². The summed E-state index contributed by atoms with van der Waals surface area (Å²) in [6.45, 7) is 0.697. The van der Waals surface area contributed by atoms with Gasteiger partial charge in [0.1, 0.15) is 17.3 Å². The molecule has 0 saturated carbocycles. The molecule has 0 spiro atoms. The van der Waals surface area contributed by atoms with Crippen molar-refractivity contribution in [3.05, 3.63) is 72.3 Å². The minimum Gasteiger partial charge on any atom is -0.497 e. The molecular formula is C26H25N5O3. The number of hydrogen-bond donors (Lipinski definition) is 1. The normalized spacial score (nSPS) is 11.0. The molecule has 5 aromatic rings. The first-order valence-corrected chi connectivity index (χ1v) is 10.9. The van der Waals surface area contributed by atoms with Crippen molar-refractivity contribution in [2.75, 3.05) is 33.2 Å². The quantitative estimate of drug-likeness (QED) is 0.365. The molecule has 34 heavy (non-hydrogen) atoms. The maximum Gasteiger partial charge on any atom is 0.186 e. The van der Waals surface area contributed by atoms with Gasteiger partial charge in [0.25, 0.3) is 0 Å². The van der Waals surface area contributed by atoms with Gasteiger partial charge in [0.15, 0.2) is 17.1 Å². The van der Waals surface area contributed by atoms with Gasteiger partial charge in [0.2, 0.25) is 0 Å². The van der Waals surface area contributed by atoms with Gasteiger partial charge in [-0.15, -0.1) is 5.10 Å². The minimum atomic E-state index is 0.692. The van der Waals surface area contributed by atoms with Crippen molar-refractivity contribution in [3.63, 3.8) is 0 Å². The second-order valence-electron chi connectivity index (χ2n) is 7.75. The van der Waals surface area contributed by atoms with Crippen molar-refractivity contribution in [3.8, 4) is 28.5 Å². The fourth-order valence-corrected chi connectivity index (χ4v) is 4.00. The first kappa shape index (κ1) is 21.5. The van der Waals surface area contributed by atoms with Crippen LogP contribution in [0.2, 0.25) is 0 Å². The average Bonchev–Trinajstić information content (AvgIpc) is 3.32. The Hall–Kier alpha value is -4.33. The highest BCUT2D eigenvalue weighted by molar-refractivity contribution is 5.93. The second-order valence-corrected chi connectivity index (χ2v) is 7.75. The number of rotatable bonds is 8. The molecule has 0 aliphatic rings. The number of hydrogen-bond acceptors (Lipinski definition) is 7. The number of nitrogens with one attached hydrogen (secondary N) is 1. The molecule has 0 aliphatic carbocycles. The molecule has 0 bridgehead atoms. The highest BCUT2D eigenvalue weighted by Gasteiger charge is 2.16. The molecule has 172 valence electrons. The summed E-state index contributed by atoms with van der Waals surface area (Å²) in [6, 6.07) is 21.7.